The van der Waals surface area contributed by atoms with Crippen molar-refractivity contribution in [1.82, 2.24) is 30.2 Å². The van der Waals surface area contributed by atoms with Crippen LogP contribution in [0.1, 0.15) is 11.4 Å². The highest BCUT2D eigenvalue weighted by molar-refractivity contribution is 6.29. The van der Waals surface area contributed by atoms with Crippen LogP contribution in [0.3, 0.4) is 0 Å². The van der Waals surface area contributed by atoms with Gasteiger partial charge in [0.2, 0.25) is 0 Å². The number of rotatable bonds is 6. The molecule has 3 aromatic rings. The molecule has 0 bridgehead atoms. The molecule has 0 unspecified atom stereocenters. The average Bonchev–Trinajstić information content (AvgIpc) is 3.05. The van der Waals surface area contributed by atoms with Crippen LogP contribution in [0.15, 0.2) is 47.7 Å². The summed E-state index contributed by atoms with van der Waals surface area (Å²) in [6.07, 6.45) is 5.36. The molecule has 0 radical (unpaired) electrons. The third-order valence-electron chi connectivity index (χ3n) is 3.74. The van der Waals surface area contributed by atoms with Crippen molar-refractivity contribution in [3.05, 3.63) is 59.3 Å². The summed E-state index contributed by atoms with van der Waals surface area (Å²) in [7, 11) is 1.76. The second-order valence-electron chi connectivity index (χ2n) is 5.46. The summed E-state index contributed by atoms with van der Waals surface area (Å²) in [5.41, 5.74) is 1.99. The summed E-state index contributed by atoms with van der Waals surface area (Å²) < 4.78 is 1.99. The molecule has 0 aliphatic carbocycles. The van der Waals surface area contributed by atoms with E-state index in [1.54, 1.807) is 19.3 Å². The van der Waals surface area contributed by atoms with Crippen molar-refractivity contribution in [2.75, 3.05) is 20.1 Å². The number of aliphatic imine (C=N–C) groups is 1. The van der Waals surface area contributed by atoms with Crippen LogP contribution in [0.2, 0.25) is 5.15 Å². The molecule has 0 fully saturated rings. The molecular formula is C17H20ClN7. The van der Waals surface area contributed by atoms with E-state index >= 15 is 0 Å². The third kappa shape index (κ3) is 4.67. The lowest BCUT2D eigenvalue weighted by Crippen LogP contribution is -2.39. The number of aromatic nitrogens is 4. The van der Waals surface area contributed by atoms with Crippen LogP contribution in [-0.4, -0.2) is 45.7 Å². The van der Waals surface area contributed by atoms with Gasteiger partial charge in [-0.3, -0.25) is 9.39 Å². The fourth-order valence-electron chi connectivity index (χ4n) is 2.45. The number of nitrogens with one attached hydrogen (secondary N) is 2. The lowest BCUT2D eigenvalue weighted by atomic mass is 10.2. The van der Waals surface area contributed by atoms with E-state index in [1.807, 2.05) is 34.9 Å². The molecule has 0 amide bonds. The van der Waals surface area contributed by atoms with E-state index < -0.39 is 0 Å². The van der Waals surface area contributed by atoms with Crippen LogP contribution in [-0.2, 0) is 12.8 Å². The number of nitrogens with zero attached hydrogens (tertiary/aromatic N) is 5. The zero-order chi connectivity index (χ0) is 17.5. The Labute approximate surface area is 151 Å². The smallest absolute Gasteiger partial charge is 0.191 e. The van der Waals surface area contributed by atoms with Crippen molar-refractivity contribution < 1.29 is 0 Å². The predicted octanol–water partition coefficient (Wildman–Crippen LogP) is 1.73. The minimum absolute atomic E-state index is 0.509. The number of hydrogen-bond donors (Lipinski definition) is 2. The first-order valence-corrected chi connectivity index (χ1v) is 8.47. The largest absolute Gasteiger partial charge is 0.356 e. The Kier molecular flexibility index (Phi) is 5.79. The van der Waals surface area contributed by atoms with Crippen molar-refractivity contribution in [1.29, 1.82) is 0 Å². The Bertz CT molecular complexity index is 842. The fourth-order valence-corrected chi connectivity index (χ4v) is 2.57. The zero-order valence-electron chi connectivity index (χ0n) is 14.0. The highest BCUT2D eigenvalue weighted by Crippen LogP contribution is 2.05. The highest BCUT2D eigenvalue weighted by atomic mass is 35.5. The standard InChI is InChI=1S/C17H20ClN7/c1-19-17(20-9-7-13-5-6-14(18)22-12-13)21-10-8-16-24-23-15-4-2-3-11-25(15)16/h2-6,11-12H,7-10H2,1H3,(H2,19,20,21). The first-order valence-electron chi connectivity index (χ1n) is 8.10. The number of halogens is 1. The lowest BCUT2D eigenvalue weighted by molar-refractivity contribution is 0.756. The molecule has 0 saturated carbocycles. The molecule has 0 spiro atoms. The summed E-state index contributed by atoms with van der Waals surface area (Å²) in [5, 5.41) is 15.5. The maximum absolute atomic E-state index is 5.79. The van der Waals surface area contributed by atoms with Gasteiger partial charge < -0.3 is 10.6 Å². The second kappa shape index (κ2) is 8.43. The van der Waals surface area contributed by atoms with Crippen molar-refractivity contribution >= 4 is 23.2 Å². The van der Waals surface area contributed by atoms with Crippen LogP contribution >= 0.6 is 11.6 Å². The van der Waals surface area contributed by atoms with Crippen LogP contribution in [0, 0.1) is 0 Å². The Hall–Kier alpha value is -2.67. The molecule has 3 rings (SSSR count). The van der Waals surface area contributed by atoms with Gasteiger partial charge in [0.1, 0.15) is 11.0 Å². The average molecular weight is 358 g/mol. The zero-order valence-corrected chi connectivity index (χ0v) is 14.7. The molecule has 0 aromatic carbocycles. The van der Waals surface area contributed by atoms with Crippen molar-refractivity contribution in [3.63, 3.8) is 0 Å². The Morgan fingerprint density at radius 2 is 1.96 bits per heavy atom. The minimum atomic E-state index is 0.509. The van der Waals surface area contributed by atoms with Gasteiger partial charge in [-0.1, -0.05) is 23.7 Å². The van der Waals surface area contributed by atoms with E-state index in [1.165, 1.54) is 0 Å². The predicted molar refractivity (Wildman–Crippen MR) is 99.0 cm³/mol. The van der Waals surface area contributed by atoms with Crippen molar-refractivity contribution in [3.8, 4) is 0 Å². The molecule has 25 heavy (non-hydrogen) atoms. The van der Waals surface area contributed by atoms with E-state index in [0.29, 0.717) is 5.15 Å². The van der Waals surface area contributed by atoms with Crippen molar-refractivity contribution in [2.45, 2.75) is 12.8 Å². The third-order valence-corrected chi connectivity index (χ3v) is 3.97. The number of hydrogen-bond acceptors (Lipinski definition) is 4. The van der Waals surface area contributed by atoms with E-state index in [0.717, 1.165) is 48.9 Å². The molecule has 7 nitrogen and oxygen atoms in total. The molecule has 0 aliphatic rings. The molecule has 0 aliphatic heterocycles. The lowest BCUT2D eigenvalue weighted by Gasteiger charge is -2.11. The molecule has 130 valence electrons. The Morgan fingerprint density at radius 1 is 1.12 bits per heavy atom. The highest BCUT2D eigenvalue weighted by Gasteiger charge is 2.05. The Morgan fingerprint density at radius 3 is 2.72 bits per heavy atom. The van der Waals surface area contributed by atoms with E-state index in [-0.39, 0.29) is 0 Å². The summed E-state index contributed by atoms with van der Waals surface area (Å²) in [6.45, 7) is 1.48. The van der Waals surface area contributed by atoms with Gasteiger partial charge in [-0.05, 0) is 30.2 Å². The maximum Gasteiger partial charge on any atom is 0.191 e. The molecule has 3 heterocycles. The van der Waals surface area contributed by atoms with Gasteiger partial charge in [0.15, 0.2) is 11.6 Å². The van der Waals surface area contributed by atoms with Gasteiger partial charge in [0.25, 0.3) is 0 Å². The summed E-state index contributed by atoms with van der Waals surface area (Å²) in [6, 6.07) is 9.64. The van der Waals surface area contributed by atoms with Gasteiger partial charge >= 0.3 is 0 Å². The number of pyridine rings is 2. The monoisotopic (exact) mass is 357 g/mol. The first-order chi connectivity index (χ1) is 12.3. The fraction of sp³-hybridized carbons (Fsp3) is 0.294. The van der Waals surface area contributed by atoms with E-state index in [2.05, 4.69) is 30.8 Å². The van der Waals surface area contributed by atoms with Gasteiger partial charge in [0, 0.05) is 39.0 Å². The number of fused-ring (bicyclic) bond motifs is 1. The summed E-state index contributed by atoms with van der Waals surface area (Å²) in [5.74, 6) is 1.68. The molecule has 8 heteroatoms. The van der Waals surface area contributed by atoms with Crippen molar-refractivity contribution in [2.24, 2.45) is 4.99 Å². The molecular weight excluding hydrogens is 338 g/mol. The van der Waals surface area contributed by atoms with Crippen LogP contribution in [0.5, 0.6) is 0 Å². The maximum atomic E-state index is 5.79. The summed E-state index contributed by atoms with van der Waals surface area (Å²) >= 11 is 5.79. The minimum Gasteiger partial charge on any atom is -0.356 e. The van der Waals surface area contributed by atoms with Crippen LogP contribution < -0.4 is 10.6 Å². The van der Waals surface area contributed by atoms with Crippen LogP contribution in [0.25, 0.3) is 5.65 Å². The molecule has 2 N–H and O–H groups in total. The van der Waals surface area contributed by atoms with Gasteiger partial charge in [-0.2, -0.15) is 0 Å². The van der Waals surface area contributed by atoms with Gasteiger partial charge in [-0.15, -0.1) is 10.2 Å². The molecule has 3 aromatic heterocycles. The first kappa shape index (κ1) is 17.2. The molecule has 0 saturated heterocycles. The quantitative estimate of drug-likeness (QED) is 0.399. The van der Waals surface area contributed by atoms with Gasteiger partial charge in [-0.25, -0.2) is 4.98 Å². The SMILES string of the molecule is CN=C(NCCc1ccc(Cl)nc1)NCCc1nnc2ccccn12. The normalized spacial score (nSPS) is 11.7. The second-order valence-corrected chi connectivity index (χ2v) is 5.85. The topological polar surface area (TPSA) is 79.5 Å². The van der Waals surface area contributed by atoms with Crippen LogP contribution in [0.4, 0.5) is 0 Å². The number of guanidine groups is 1. The summed E-state index contributed by atoms with van der Waals surface area (Å²) in [4.78, 5) is 8.31. The Balaban J connectivity index is 1.44. The molecule has 0 atom stereocenters. The van der Waals surface area contributed by atoms with Gasteiger partial charge in [0.05, 0.1) is 0 Å². The van der Waals surface area contributed by atoms with E-state index in [4.69, 9.17) is 11.6 Å². The van der Waals surface area contributed by atoms with E-state index in [9.17, 15) is 0 Å².